The van der Waals surface area contributed by atoms with Gasteiger partial charge in [-0.3, -0.25) is 0 Å². The van der Waals surface area contributed by atoms with Crippen molar-refractivity contribution in [3.63, 3.8) is 0 Å². The third kappa shape index (κ3) is 2.17. The summed E-state index contributed by atoms with van der Waals surface area (Å²) in [5.41, 5.74) is 1.77. The maximum atomic E-state index is 9.71. The van der Waals surface area contributed by atoms with Gasteiger partial charge in [0, 0.05) is 22.7 Å². The Kier molecular flexibility index (Phi) is 3.15. The molecule has 3 atom stereocenters. The fourth-order valence-corrected chi connectivity index (χ4v) is 2.33. The summed E-state index contributed by atoms with van der Waals surface area (Å²) in [5, 5.41) is 22.8. The zero-order valence-corrected chi connectivity index (χ0v) is 10.6. The Morgan fingerprint density at radius 3 is 2.53 bits per heavy atom. The first kappa shape index (κ1) is 12.4. The predicted molar refractivity (Wildman–Crippen MR) is 68.9 cm³/mol. The molecule has 2 rings (SSSR count). The Labute approximate surface area is 102 Å². The van der Waals surface area contributed by atoms with E-state index in [4.69, 9.17) is 0 Å². The van der Waals surface area contributed by atoms with Gasteiger partial charge < -0.3 is 15.5 Å². The smallest absolute Gasteiger partial charge is 0.0781 e. The molecule has 94 valence electrons. The average molecular weight is 235 g/mol. The van der Waals surface area contributed by atoms with Crippen LogP contribution in [0.2, 0.25) is 0 Å². The molecular formula is C14H21NO2. The van der Waals surface area contributed by atoms with Crippen LogP contribution < -0.4 is 5.32 Å². The van der Waals surface area contributed by atoms with Gasteiger partial charge in [0.15, 0.2) is 0 Å². The third-order valence-corrected chi connectivity index (χ3v) is 3.96. The molecule has 17 heavy (non-hydrogen) atoms. The summed E-state index contributed by atoms with van der Waals surface area (Å²) in [7, 11) is 0. The maximum absolute atomic E-state index is 9.71. The number of hydrogen-bond donors (Lipinski definition) is 3. The molecule has 1 aliphatic carbocycles. The van der Waals surface area contributed by atoms with Gasteiger partial charge in [0.25, 0.3) is 0 Å². The quantitative estimate of drug-likeness (QED) is 0.753. The molecule has 0 aromatic heterocycles. The van der Waals surface area contributed by atoms with E-state index in [9.17, 15) is 10.2 Å². The molecule has 3 heteroatoms. The van der Waals surface area contributed by atoms with Crippen LogP contribution in [0.5, 0.6) is 0 Å². The third-order valence-electron chi connectivity index (χ3n) is 3.96. The lowest BCUT2D eigenvalue weighted by Crippen LogP contribution is -2.57. The first-order chi connectivity index (χ1) is 7.93. The second kappa shape index (κ2) is 4.31. The summed E-state index contributed by atoms with van der Waals surface area (Å²) < 4.78 is 0. The van der Waals surface area contributed by atoms with Crippen molar-refractivity contribution >= 4 is 5.69 Å². The number of nitrogens with one attached hydrogen (secondary N) is 1. The van der Waals surface area contributed by atoms with Crippen LogP contribution in [0, 0.1) is 5.41 Å². The average Bonchev–Trinajstić information content (AvgIpc) is 2.29. The summed E-state index contributed by atoms with van der Waals surface area (Å²) in [6, 6.07) is 8.04. The van der Waals surface area contributed by atoms with Gasteiger partial charge in [-0.1, -0.05) is 32.0 Å². The van der Waals surface area contributed by atoms with Crippen molar-refractivity contribution in [2.24, 2.45) is 5.41 Å². The summed E-state index contributed by atoms with van der Waals surface area (Å²) >= 11 is 0. The van der Waals surface area contributed by atoms with Crippen LogP contribution in [-0.4, -0.2) is 22.4 Å². The van der Waals surface area contributed by atoms with Gasteiger partial charge in [0.05, 0.1) is 12.2 Å². The van der Waals surface area contributed by atoms with Crippen LogP contribution in [0.25, 0.3) is 0 Å². The van der Waals surface area contributed by atoms with Crippen molar-refractivity contribution in [2.45, 2.75) is 45.4 Å². The standard InChI is InChI=1S/C14H21NO2/c1-9(16)10-6-4-5-7-11(10)15-12-8-13(17)14(12,2)3/h4-7,9,12-13,15-17H,8H2,1-3H3. The molecule has 1 aromatic carbocycles. The summed E-state index contributed by atoms with van der Waals surface area (Å²) in [5.74, 6) is 0. The van der Waals surface area contributed by atoms with Crippen molar-refractivity contribution in [3.8, 4) is 0 Å². The van der Waals surface area contributed by atoms with E-state index in [0.717, 1.165) is 17.7 Å². The van der Waals surface area contributed by atoms with Crippen LogP contribution in [-0.2, 0) is 0 Å². The summed E-state index contributed by atoms with van der Waals surface area (Å²) in [6.45, 7) is 5.88. The molecule has 0 radical (unpaired) electrons. The number of hydrogen-bond acceptors (Lipinski definition) is 3. The number of anilines is 1. The fourth-order valence-electron chi connectivity index (χ4n) is 2.33. The van der Waals surface area contributed by atoms with Crippen LogP contribution >= 0.6 is 0 Å². The van der Waals surface area contributed by atoms with Gasteiger partial charge in [-0.05, 0) is 19.4 Å². The van der Waals surface area contributed by atoms with Crippen LogP contribution in [0.3, 0.4) is 0 Å². The van der Waals surface area contributed by atoms with Gasteiger partial charge in [-0.15, -0.1) is 0 Å². The predicted octanol–water partition coefficient (Wildman–Crippen LogP) is 2.31. The molecule has 1 saturated carbocycles. The highest BCUT2D eigenvalue weighted by molar-refractivity contribution is 5.53. The lowest BCUT2D eigenvalue weighted by atomic mass is 9.64. The van der Waals surface area contributed by atoms with E-state index >= 15 is 0 Å². The topological polar surface area (TPSA) is 52.5 Å². The highest BCUT2D eigenvalue weighted by Gasteiger charge is 2.47. The van der Waals surface area contributed by atoms with E-state index in [-0.39, 0.29) is 17.6 Å². The molecule has 0 bridgehead atoms. The molecular weight excluding hydrogens is 214 g/mol. The second-order valence-corrected chi connectivity index (χ2v) is 5.53. The molecule has 1 aliphatic rings. The van der Waals surface area contributed by atoms with E-state index < -0.39 is 6.10 Å². The molecule has 3 nitrogen and oxygen atoms in total. The van der Waals surface area contributed by atoms with Crippen LogP contribution in [0.4, 0.5) is 5.69 Å². The molecule has 3 unspecified atom stereocenters. The van der Waals surface area contributed by atoms with E-state index in [1.165, 1.54) is 0 Å². The molecule has 1 aromatic rings. The summed E-state index contributed by atoms with van der Waals surface area (Å²) in [4.78, 5) is 0. The molecule has 0 heterocycles. The van der Waals surface area contributed by atoms with Gasteiger partial charge in [0.1, 0.15) is 0 Å². The van der Waals surface area contributed by atoms with Gasteiger partial charge in [-0.25, -0.2) is 0 Å². The fraction of sp³-hybridized carbons (Fsp3) is 0.571. The zero-order valence-electron chi connectivity index (χ0n) is 10.6. The molecule has 0 spiro atoms. The lowest BCUT2D eigenvalue weighted by molar-refractivity contribution is -0.0511. The van der Waals surface area contributed by atoms with E-state index in [1.807, 2.05) is 24.3 Å². The molecule has 0 aliphatic heterocycles. The highest BCUT2D eigenvalue weighted by Crippen LogP contribution is 2.42. The second-order valence-electron chi connectivity index (χ2n) is 5.53. The van der Waals surface area contributed by atoms with E-state index in [1.54, 1.807) is 6.92 Å². The lowest BCUT2D eigenvalue weighted by Gasteiger charge is -2.50. The number of benzene rings is 1. The van der Waals surface area contributed by atoms with Gasteiger partial charge >= 0.3 is 0 Å². The summed E-state index contributed by atoms with van der Waals surface area (Å²) in [6.07, 6.45) is 0.0479. The van der Waals surface area contributed by atoms with Crippen molar-refractivity contribution in [3.05, 3.63) is 29.8 Å². The highest BCUT2D eigenvalue weighted by atomic mass is 16.3. The molecule has 0 saturated heterocycles. The number of para-hydroxylation sites is 1. The van der Waals surface area contributed by atoms with Gasteiger partial charge in [0.2, 0.25) is 0 Å². The normalized spacial score (nSPS) is 28.3. The Balaban J connectivity index is 2.15. The monoisotopic (exact) mass is 235 g/mol. The van der Waals surface area contributed by atoms with E-state index in [2.05, 4.69) is 19.2 Å². The van der Waals surface area contributed by atoms with Crippen molar-refractivity contribution in [1.82, 2.24) is 0 Å². The zero-order chi connectivity index (χ0) is 12.6. The number of rotatable bonds is 3. The van der Waals surface area contributed by atoms with Crippen molar-refractivity contribution in [2.75, 3.05) is 5.32 Å². The minimum atomic E-state index is -0.480. The largest absolute Gasteiger partial charge is 0.392 e. The van der Waals surface area contributed by atoms with E-state index in [0.29, 0.717) is 0 Å². The minimum absolute atomic E-state index is 0.105. The van der Waals surface area contributed by atoms with Crippen molar-refractivity contribution < 1.29 is 10.2 Å². The molecule has 3 N–H and O–H groups in total. The SMILES string of the molecule is CC(O)c1ccccc1NC1CC(O)C1(C)C. The Morgan fingerprint density at radius 1 is 1.35 bits per heavy atom. The Bertz CT molecular complexity index is 401. The molecule has 0 amide bonds. The first-order valence-electron chi connectivity index (χ1n) is 6.14. The Morgan fingerprint density at radius 2 is 2.00 bits per heavy atom. The first-order valence-corrected chi connectivity index (χ1v) is 6.14. The van der Waals surface area contributed by atoms with Crippen molar-refractivity contribution in [1.29, 1.82) is 0 Å². The van der Waals surface area contributed by atoms with Crippen LogP contribution in [0.15, 0.2) is 24.3 Å². The Hall–Kier alpha value is -1.06. The number of aliphatic hydroxyl groups is 2. The maximum Gasteiger partial charge on any atom is 0.0781 e. The van der Waals surface area contributed by atoms with Gasteiger partial charge in [-0.2, -0.15) is 0 Å². The van der Waals surface area contributed by atoms with Crippen LogP contribution in [0.1, 0.15) is 38.9 Å². The minimum Gasteiger partial charge on any atom is -0.392 e. The molecule has 1 fully saturated rings. The number of aliphatic hydroxyl groups excluding tert-OH is 2.